The van der Waals surface area contributed by atoms with Crippen LogP contribution in [0.5, 0.6) is 0 Å². The maximum absolute atomic E-state index is 10.6. The molecular formula is C14H26N2O5. The van der Waals surface area contributed by atoms with Gasteiger partial charge in [0.1, 0.15) is 18.3 Å². The van der Waals surface area contributed by atoms with Crippen LogP contribution in [-0.2, 0) is 0 Å². The lowest BCUT2D eigenvalue weighted by atomic mass is 9.60. The average Bonchev–Trinajstić information content (AvgIpc) is 2.41. The second-order valence-corrected chi connectivity index (χ2v) is 7.67. The van der Waals surface area contributed by atoms with Crippen LogP contribution in [-0.4, -0.2) is 98.7 Å². The molecule has 0 aromatic heterocycles. The van der Waals surface area contributed by atoms with Crippen molar-refractivity contribution < 1.29 is 25.5 Å². The fourth-order valence-electron chi connectivity index (χ4n) is 4.80. The minimum Gasteiger partial charge on any atom is -0.394 e. The Morgan fingerprint density at radius 3 is 1.81 bits per heavy atom. The lowest BCUT2D eigenvalue weighted by Gasteiger charge is -2.68. The zero-order chi connectivity index (χ0) is 15.6. The molecule has 122 valence electrons. The summed E-state index contributed by atoms with van der Waals surface area (Å²) in [6.45, 7) is 6.15. The van der Waals surface area contributed by atoms with Crippen LogP contribution in [0.15, 0.2) is 0 Å². The number of aliphatic hydroxyl groups is 5. The molecule has 5 N–H and O–H groups in total. The van der Waals surface area contributed by atoms with E-state index in [0.29, 0.717) is 26.2 Å². The second-order valence-electron chi connectivity index (χ2n) is 7.67. The summed E-state index contributed by atoms with van der Waals surface area (Å²) in [7, 11) is 0. The predicted molar refractivity (Wildman–Crippen MR) is 74.3 cm³/mol. The Hall–Kier alpha value is -0.280. The van der Waals surface area contributed by atoms with Gasteiger partial charge in [-0.15, -0.1) is 0 Å². The number of nitrogens with zero attached hydrogens (tertiary/aromatic N) is 2. The maximum atomic E-state index is 10.6. The molecular weight excluding hydrogens is 276 g/mol. The van der Waals surface area contributed by atoms with E-state index in [-0.39, 0.29) is 23.1 Å². The van der Waals surface area contributed by atoms with Crippen LogP contribution >= 0.6 is 0 Å². The molecule has 4 fully saturated rings. The Morgan fingerprint density at radius 1 is 1.00 bits per heavy atom. The van der Waals surface area contributed by atoms with Crippen LogP contribution in [0.3, 0.4) is 0 Å². The standard InChI is InChI=1S/C14H26N2O5/c1-13-4-15-6-14(2,12(13)21)7-16(5-13)11(15)10(20)9(19)8(18)3-17/h8-12,17-21H,3-7H2,1-2H3/t8-,9+,10-,11?,12?,13?,14?/m1/s1. The summed E-state index contributed by atoms with van der Waals surface area (Å²) < 4.78 is 0. The van der Waals surface area contributed by atoms with Crippen LogP contribution < -0.4 is 0 Å². The van der Waals surface area contributed by atoms with Gasteiger partial charge in [0, 0.05) is 37.0 Å². The van der Waals surface area contributed by atoms with Crippen molar-refractivity contribution in [2.45, 2.75) is 44.4 Å². The average molecular weight is 302 g/mol. The highest BCUT2D eigenvalue weighted by Crippen LogP contribution is 2.51. The Morgan fingerprint density at radius 2 is 1.43 bits per heavy atom. The monoisotopic (exact) mass is 302 g/mol. The molecule has 4 saturated heterocycles. The molecule has 0 aromatic rings. The third kappa shape index (κ3) is 2.15. The van der Waals surface area contributed by atoms with Crippen molar-refractivity contribution in [3.8, 4) is 0 Å². The largest absolute Gasteiger partial charge is 0.394 e. The summed E-state index contributed by atoms with van der Waals surface area (Å²) in [5.41, 5.74) is -0.468. The van der Waals surface area contributed by atoms with Gasteiger partial charge in [-0.3, -0.25) is 9.80 Å². The fraction of sp³-hybridized carbons (Fsp3) is 1.00. The van der Waals surface area contributed by atoms with Crippen molar-refractivity contribution in [1.82, 2.24) is 9.80 Å². The summed E-state index contributed by atoms with van der Waals surface area (Å²) in [5.74, 6) is 0. The van der Waals surface area contributed by atoms with Crippen LogP contribution in [0.2, 0.25) is 0 Å². The van der Waals surface area contributed by atoms with Crippen LogP contribution in [0.25, 0.3) is 0 Å². The quantitative estimate of drug-likeness (QED) is 0.388. The molecule has 4 aliphatic heterocycles. The summed E-state index contributed by atoms with van der Waals surface area (Å²) in [4.78, 5) is 4.16. The van der Waals surface area contributed by atoms with Crippen molar-refractivity contribution in [3.63, 3.8) is 0 Å². The molecule has 0 radical (unpaired) electrons. The lowest BCUT2D eigenvalue weighted by Crippen LogP contribution is -2.81. The highest BCUT2D eigenvalue weighted by atomic mass is 16.4. The summed E-state index contributed by atoms with van der Waals surface area (Å²) >= 11 is 0. The number of rotatable bonds is 4. The van der Waals surface area contributed by atoms with E-state index in [1.54, 1.807) is 0 Å². The fourth-order valence-corrected chi connectivity index (χ4v) is 4.80. The molecule has 7 nitrogen and oxygen atoms in total. The first-order valence-corrected chi connectivity index (χ1v) is 7.53. The molecule has 4 aliphatic rings. The highest BCUT2D eigenvalue weighted by molar-refractivity contribution is 5.14. The minimum absolute atomic E-state index is 0.234. The van der Waals surface area contributed by atoms with Gasteiger partial charge in [0.25, 0.3) is 0 Å². The van der Waals surface area contributed by atoms with E-state index in [4.69, 9.17) is 5.11 Å². The van der Waals surface area contributed by atoms with Gasteiger partial charge in [-0.05, 0) is 0 Å². The predicted octanol–water partition coefficient (Wildman–Crippen LogP) is -2.59. The topological polar surface area (TPSA) is 108 Å². The molecule has 4 rings (SSSR count). The molecule has 0 aromatic carbocycles. The Bertz CT molecular complexity index is 382. The Kier molecular flexibility index (Phi) is 3.61. The highest BCUT2D eigenvalue weighted by Gasteiger charge is 2.63. The van der Waals surface area contributed by atoms with Crippen molar-refractivity contribution in [3.05, 3.63) is 0 Å². The van der Waals surface area contributed by atoms with E-state index in [2.05, 4.69) is 23.6 Å². The van der Waals surface area contributed by atoms with Crippen molar-refractivity contribution >= 4 is 0 Å². The first-order valence-electron chi connectivity index (χ1n) is 7.53. The van der Waals surface area contributed by atoms with E-state index in [0.717, 1.165) is 0 Å². The van der Waals surface area contributed by atoms with Crippen molar-refractivity contribution in [1.29, 1.82) is 0 Å². The zero-order valence-corrected chi connectivity index (χ0v) is 12.6. The van der Waals surface area contributed by atoms with Gasteiger partial charge in [0.15, 0.2) is 0 Å². The maximum Gasteiger partial charge on any atom is 0.111 e. The number of hydrogen-bond acceptors (Lipinski definition) is 7. The number of piperidine rings is 2. The molecule has 0 saturated carbocycles. The third-order valence-electron chi connectivity index (χ3n) is 5.56. The molecule has 7 heteroatoms. The van der Waals surface area contributed by atoms with Gasteiger partial charge in [-0.1, -0.05) is 13.8 Å². The first kappa shape index (κ1) is 15.6. The Labute approximate surface area is 124 Å². The SMILES string of the molecule is CC12CN3CC(C)(CN(C1)C3[C@H](O)[C@@H](O)[C@H](O)CO)C2O. The molecule has 0 aliphatic carbocycles. The van der Waals surface area contributed by atoms with Crippen LogP contribution in [0.1, 0.15) is 13.8 Å². The molecule has 4 heterocycles. The lowest BCUT2D eigenvalue weighted by molar-refractivity contribution is -0.276. The molecule has 21 heavy (non-hydrogen) atoms. The Balaban J connectivity index is 1.82. The molecule has 0 spiro atoms. The molecule has 0 unspecified atom stereocenters. The number of aliphatic hydroxyl groups excluding tert-OH is 5. The van der Waals surface area contributed by atoms with Gasteiger partial charge in [-0.25, -0.2) is 0 Å². The minimum atomic E-state index is -1.39. The number of hydrogen-bond donors (Lipinski definition) is 5. The van der Waals surface area contributed by atoms with E-state index in [1.807, 2.05) is 0 Å². The van der Waals surface area contributed by atoms with Crippen LogP contribution in [0.4, 0.5) is 0 Å². The van der Waals surface area contributed by atoms with E-state index >= 15 is 0 Å². The van der Waals surface area contributed by atoms with E-state index in [9.17, 15) is 20.4 Å². The molecule has 0 amide bonds. The van der Waals surface area contributed by atoms with Gasteiger partial charge >= 0.3 is 0 Å². The first-order chi connectivity index (χ1) is 9.72. The van der Waals surface area contributed by atoms with Crippen molar-refractivity contribution in [2.75, 3.05) is 32.8 Å². The smallest absolute Gasteiger partial charge is 0.111 e. The van der Waals surface area contributed by atoms with E-state index < -0.39 is 24.9 Å². The van der Waals surface area contributed by atoms with Gasteiger partial charge in [0.2, 0.25) is 0 Å². The van der Waals surface area contributed by atoms with Crippen molar-refractivity contribution in [2.24, 2.45) is 10.8 Å². The normalized spacial score (nSPS) is 52.7. The molecule has 4 bridgehead atoms. The van der Waals surface area contributed by atoms with E-state index in [1.165, 1.54) is 0 Å². The van der Waals surface area contributed by atoms with Gasteiger partial charge in [-0.2, -0.15) is 0 Å². The second kappa shape index (κ2) is 4.86. The van der Waals surface area contributed by atoms with Gasteiger partial charge < -0.3 is 25.5 Å². The molecule has 3 atom stereocenters. The summed E-state index contributed by atoms with van der Waals surface area (Å²) in [6, 6.07) is 0. The van der Waals surface area contributed by atoms with Crippen LogP contribution in [0, 0.1) is 10.8 Å². The summed E-state index contributed by atoms with van der Waals surface area (Å²) in [5, 5.41) is 49.5. The van der Waals surface area contributed by atoms with Gasteiger partial charge in [0.05, 0.1) is 18.9 Å². The third-order valence-corrected chi connectivity index (χ3v) is 5.56. The summed E-state index contributed by atoms with van der Waals surface area (Å²) in [6.07, 6.45) is -4.64. The zero-order valence-electron chi connectivity index (χ0n) is 12.6.